The number of carbonyl (C=O) groups excluding carboxylic acids is 1. The maximum absolute atomic E-state index is 11.5. The molecule has 0 aliphatic carbocycles. The van der Waals surface area contributed by atoms with Crippen molar-refractivity contribution < 1.29 is 14.7 Å². The van der Waals surface area contributed by atoms with Gasteiger partial charge in [0.05, 0.1) is 0 Å². The molecule has 1 aromatic carbocycles. The normalized spacial score (nSPS) is 11.8. The molecule has 0 unspecified atom stereocenters. The summed E-state index contributed by atoms with van der Waals surface area (Å²) in [5.41, 5.74) is 0.888. The summed E-state index contributed by atoms with van der Waals surface area (Å²) in [6.45, 7) is 0.531. The Morgan fingerprint density at radius 2 is 1.94 bits per heavy atom. The average molecular weight is 250 g/mol. The second-order valence-corrected chi connectivity index (χ2v) is 4.00. The van der Waals surface area contributed by atoms with E-state index >= 15 is 0 Å². The Bertz CT molecular complexity index is 392. The average Bonchev–Trinajstić information content (AvgIpc) is 2.36. The fraction of sp³-hybridized carbons (Fsp3) is 0.385. The lowest BCUT2D eigenvalue weighted by Gasteiger charge is -2.14. The molecule has 18 heavy (non-hydrogen) atoms. The van der Waals surface area contributed by atoms with Crippen LogP contribution in [0.15, 0.2) is 30.3 Å². The van der Waals surface area contributed by atoms with Crippen LogP contribution in [0.5, 0.6) is 0 Å². The second-order valence-electron chi connectivity index (χ2n) is 4.00. The van der Waals surface area contributed by atoms with E-state index in [4.69, 9.17) is 5.11 Å². The van der Waals surface area contributed by atoms with Gasteiger partial charge in [0.25, 0.3) is 0 Å². The summed E-state index contributed by atoms with van der Waals surface area (Å²) < 4.78 is 0. The fourth-order valence-electron chi connectivity index (χ4n) is 1.55. The number of amides is 1. The first-order chi connectivity index (χ1) is 8.63. The van der Waals surface area contributed by atoms with E-state index in [-0.39, 0.29) is 12.3 Å². The lowest BCUT2D eigenvalue weighted by molar-refractivity contribution is -0.141. The molecule has 0 bridgehead atoms. The van der Waals surface area contributed by atoms with E-state index in [1.54, 1.807) is 7.05 Å². The topological polar surface area (TPSA) is 78.4 Å². The third-order valence-electron chi connectivity index (χ3n) is 2.52. The minimum absolute atomic E-state index is 0.257. The van der Waals surface area contributed by atoms with E-state index in [0.717, 1.165) is 5.56 Å². The number of carbonyl (C=O) groups is 2. The first-order valence-electron chi connectivity index (χ1n) is 5.84. The maximum Gasteiger partial charge on any atom is 0.326 e. The fourth-order valence-corrected chi connectivity index (χ4v) is 1.55. The van der Waals surface area contributed by atoms with Gasteiger partial charge in [-0.15, -0.1) is 0 Å². The Kier molecular flexibility index (Phi) is 5.87. The number of hydrogen-bond acceptors (Lipinski definition) is 3. The highest BCUT2D eigenvalue weighted by Gasteiger charge is 2.19. The quantitative estimate of drug-likeness (QED) is 0.655. The van der Waals surface area contributed by atoms with Gasteiger partial charge in [-0.3, -0.25) is 4.79 Å². The molecule has 0 aliphatic heterocycles. The van der Waals surface area contributed by atoms with E-state index in [1.165, 1.54) is 0 Å². The van der Waals surface area contributed by atoms with Gasteiger partial charge in [-0.05, 0) is 12.6 Å². The second kappa shape index (κ2) is 7.45. The summed E-state index contributed by atoms with van der Waals surface area (Å²) in [6, 6.07) is 8.36. The van der Waals surface area contributed by atoms with Gasteiger partial charge in [0.1, 0.15) is 6.04 Å². The van der Waals surface area contributed by atoms with Crippen LogP contribution in [0.1, 0.15) is 12.0 Å². The molecule has 5 nitrogen and oxygen atoms in total. The Hall–Kier alpha value is -1.88. The van der Waals surface area contributed by atoms with Crippen molar-refractivity contribution in [2.75, 3.05) is 13.6 Å². The molecule has 3 N–H and O–H groups in total. The van der Waals surface area contributed by atoms with Crippen LogP contribution < -0.4 is 10.6 Å². The van der Waals surface area contributed by atoms with Crippen LogP contribution in [0, 0.1) is 0 Å². The number of carboxylic acid groups (broad SMARTS) is 1. The molecule has 0 fully saturated rings. The Balaban J connectivity index is 2.55. The summed E-state index contributed by atoms with van der Waals surface area (Å²) in [5, 5.41) is 14.4. The van der Waals surface area contributed by atoms with Crippen molar-refractivity contribution in [2.45, 2.75) is 18.9 Å². The van der Waals surface area contributed by atoms with Gasteiger partial charge < -0.3 is 15.7 Å². The molecule has 5 heteroatoms. The standard InChI is InChI=1S/C13H18N2O3/c1-14-8-7-12(16)15-11(13(17)18)9-10-5-3-2-4-6-10/h2-6,11,14H,7-9H2,1H3,(H,15,16)(H,17,18)/t11-/m1/s1. The lowest BCUT2D eigenvalue weighted by Crippen LogP contribution is -2.43. The molecule has 1 aromatic rings. The van der Waals surface area contributed by atoms with Gasteiger partial charge in [0.2, 0.25) is 5.91 Å². The minimum Gasteiger partial charge on any atom is -0.480 e. The zero-order valence-corrected chi connectivity index (χ0v) is 10.3. The highest BCUT2D eigenvalue weighted by atomic mass is 16.4. The summed E-state index contributed by atoms with van der Waals surface area (Å²) in [6.07, 6.45) is 0.566. The molecule has 1 amide bonds. The SMILES string of the molecule is CNCCC(=O)N[C@H](Cc1ccccc1)C(=O)O. The van der Waals surface area contributed by atoms with Crippen molar-refractivity contribution in [1.82, 2.24) is 10.6 Å². The molecule has 0 aliphatic rings. The molecular weight excluding hydrogens is 232 g/mol. The van der Waals surface area contributed by atoms with E-state index in [0.29, 0.717) is 13.0 Å². The number of aliphatic carboxylic acids is 1. The van der Waals surface area contributed by atoms with Crippen molar-refractivity contribution >= 4 is 11.9 Å². The molecule has 0 saturated carbocycles. The zero-order valence-electron chi connectivity index (χ0n) is 10.3. The van der Waals surface area contributed by atoms with Crippen molar-refractivity contribution in [3.05, 3.63) is 35.9 Å². The summed E-state index contributed by atoms with van der Waals surface area (Å²) in [4.78, 5) is 22.6. The molecule has 1 rings (SSSR count). The monoisotopic (exact) mass is 250 g/mol. The summed E-state index contributed by atoms with van der Waals surface area (Å²) >= 11 is 0. The Morgan fingerprint density at radius 1 is 1.28 bits per heavy atom. The highest BCUT2D eigenvalue weighted by molar-refractivity contribution is 5.83. The number of benzene rings is 1. The van der Waals surface area contributed by atoms with Crippen LogP contribution in [-0.4, -0.2) is 36.6 Å². The zero-order chi connectivity index (χ0) is 13.4. The molecule has 0 saturated heterocycles. The van der Waals surface area contributed by atoms with Crippen LogP contribution in [0.2, 0.25) is 0 Å². The minimum atomic E-state index is -1.02. The summed E-state index contributed by atoms with van der Waals surface area (Å²) in [7, 11) is 1.74. The molecule has 0 spiro atoms. The third kappa shape index (κ3) is 4.97. The van der Waals surface area contributed by atoms with E-state index in [2.05, 4.69) is 10.6 Å². The van der Waals surface area contributed by atoms with Gasteiger partial charge >= 0.3 is 5.97 Å². The number of hydrogen-bond donors (Lipinski definition) is 3. The number of rotatable bonds is 7. The van der Waals surface area contributed by atoms with E-state index in [9.17, 15) is 9.59 Å². The molecule has 1 atom stereocenters. The van der Waals surface area contributed by atoms with Crippen LogP contribution in [0.3, 0.4) is 0 Å². The molecule has 0 aromatic heterocycles. The summed E-state index contributed by atoms with van der Waals surface area (Å²) in [5.74, 6) is -1.27. The lowest BCUT2D eigenvalue weighted by atomic mass is 10.1. The van der Waals surface area contributed by atoms with Gasteiger partial charge in [0.15, 0.2) is 0 Å². The first kappa shape index (κ1) is 14.2. The number of carboxylic acids is 1. The van der Waals surface area contributed by atoms with Crippen molar-refractivity contribution in [3.63, 3.8) is 0 Å². The van der Waals surface area contributed by atoms with Gasteiger partial charge in [-0.25, -0.2) is 4.79 Å². The van der Waals surface area contributed by atoms with E-state index in [1.807, 2.05) is 30.3 Å². The van der Waals surface area contributed by atoms with Crippen molar-refractivity contribution in [1.29, 1.82) is 0 Å². The third-order valence-corrected chi connectivity index (χ3v) is 2.52. The van der Waals surface area contributed by atoms with Gasteiger partial charge in [0, 0.05) is 19.4 Å². The van der Waals surface area contributed by atoms with Crippen LogP contribution >= 0.6 is 0 Å². The van der Waals surface area contributed by atoms with Crippen LogP contribution in [-0.2, 0) is 16.0 Å². The maximum atomic E-state index is 11.5. The molecule has 98 valence electrons. The van der Waals surface area contributed by atoms with Gasteiger partial charge in [-0.1, -0.05) is 30.3 Å². The largest absolute Gasteiger partial charge is 0.480 e. The van der Waals surface area contributed by atoms with Crippen LogP contribution in [0.4, 0.5) is 0 Å². The predicted molar refractivity (Wildman–Crippen MR) is 68.3 cm³/mol. The van der Waals surface area contributed by atoms with Crippen molar-refractivity contribution in [3.8, 4) is 0 Å². The Morgan fingerprint density at radius 3 is 2.50 bits per heavy atom. The van der Waals surface area contributed by atoms with Gasteiger partial charge in [-0.2, -0.15) is 0 Å². The molecular formula is C13H18N2O3. The molecule has 0 radical (unpaired) electrons. The highest BCUT2D eigenvalue weighted by Crippen LogP contribution is 2.03. The number of nitrogens with one attached hydrogen (secondary N) is 2. The van der Waals surface area contributed by atoms with Crippen molar-refractivity contribution in [2.24, 2.45) is 0 Å². The molecule has 0 heterocycles. The Labute approximate surface area is 106 Å². The first-order valence-corrected chi connectivity index (χ1v) is 5.84. The van der Waals surface area contributed by atoms with Crippen LogP contribution in [0.25, 0.3) is 0 Å². The predicted octanol–water partition coefficient (Wildman–Crippen LogP) is 0.408. The van der Waals surface area contributed by atoms with E-state index < -0.39 is 12.0 Å². The smallest absolute Gasteiger partial charge is 0.326 e.